The van der Waals surface area contributed by atoms with Gasteiger partial charge in [0.15, 0.2) is 11.5 Å². The Balaban J connectivity index is 1.92. The second-order valence-corrected chi connectivity index (χ2v) is 7.54. The van der Waals surface area contributed by atoms with Crippen molar-refractivity contribution in [2.45, 2.75) is 13.5 Å². The van der Waals surface area contributed by atoms with Gasteiger partial charge in [0.1, 0.15) is 16.6 Å². The molecule has 3 rings (SSSR count). The number of hydrogen-bond acceptors (Lipinski definition) is 5. The van der Waals surface area contributed by atoms with Gasteiger partial charge in [-0.1, -0.05) is 18.2 Å². The lowest BCUT2D eigenvalue weighted by molar-refractivity contribution is 0.354. The highest BCUT2D eigenvalue weighted by molar-refractivity contribution is 8.00. The summed E-state index contributed by atoms with van der Waals surface area (Å²) in [4.78, 5) is 4.50. The Bertz CT molecular complexity index is 1030. The zero-order valence-corrected chi connectivity index (χ0v) is 15.9. The SMILES string of the molecule is COc1ccc(CN=C2NS(=O)(=O)C(c3ccc(F)cc3)=C2C)cc1OC. The molecule has 2 aromatic carbocycles. The normalized spacial score (nSPS) is 17.1. The molecule has 0 saturated carbocycles. The van der Waals surface area contributed by atoms with Crippen LogP contribution in [0.5, 0.6) is 11.5 Å². The maximum atomic E-state index is 13.1. The quantitative estimate of drug-likeness (QED) is 0.851. The third-order valence-corrected chi connectivity index (χ3v) is 5.71. The van der Waals surface area contributed by atoms with Crippen LogP contribution >= 0.6 is 0 Å². The lowest BCUT2D eigenvalue weighted by Crippen LogP contribution is -2.23. The number of aliphatic imine (C=N–C) groups is 1. The van der Waals surface area contributed by atoms with Gasteiger partial charge in [-0.25, -0.2) is 12.8 Å². The topological polar surface area (TPSA) is 77.0 Å². The van der Waals surface area contributed by atoms with Crippen LogP contribution in [-0.4, -0.2) is 28.5 Å². The summed E-state index contributed by atoms with van der Waals surface area (Å²) in [6, 6.07) is 10.7. The van der Waals surface area contributed by atoms with Gasteiger partial charge in [0, 0.05) is 5.57 Å². The molecule has 27 heavy (non-hydrogen) atoms. The molecule has 0 saturated heterocycles. The Morgan fingerprint density at radius 2 is 1.70 bits per heavy atom. The van der Waals surface area contributed by atoms with E-state index in [1.807, 2.05) is 6.07 Å². The molecule has 8 heteroatoms. The number of nitrogens with one attached hydrogen (secondary N) is 1. The summed E-state index contributed by atoms with van der Waals surface area (Å²) in [5.41, 5.74) is 1.74. The van der Waals surface area contributed by atoms with Crippen molar-refractivity contribution < 1.29 is 22.3 Å². The molecule has 142 valence electrons. The van der Waals surface area contributed by atoms with Crippen molar-refractivity contribution in [1.82, 2.24) is 4.72 Å². The third kappa shape index (κ3) is 3.80. The van der Waals surface area contributed by atoms with Crippen LogP contribution in [0.1, 0.15) is 18.1 Å². The molecule has 0 aromatic heterocycles. The molecule has 1 N–H and O–H groups in total. The summed E-state index contributed by atoms with van der Waals surface area (Å²) < 4.78 is 51.0. The fourth-order valence-electron chi connectivity index (χ4n) is 2.84. The van der Waals surface area contributed by atoms with Crippen molar-refractivity contribution >= 4 is 20.8 Å². The van der Waals surface area contributed by atoms with Crippen LogP contribution in [0.15, 0.2) is 53.0 Å². The van der Waals surface area contributed by atoms with Gasteiger partial charge in [-0.05, 0) is 42.3 Å². The molecule has 1 aliphatic heterocycles. The van der Waals surface area contributed by atoms with Crippen LogP contribution < -0.4 is 14.2 Å². The minimum atomic E-state index is -3.75. The molecule has 0 bridgehead atoms. The van der Waals surface area contributed by atoms with Crippen LogP contribution in [0.3, 0.4) is 0 Å². The van der Waals surface area contributed by atoms with Crippen LogP contribution in [0.2, 0.25) is 0 Å². The van der Waals surface area contributed by atoms with E-state index < -0.39 is 15.8 Å². The van der Waals surface area contributed by atoms with Gasteiger partial charge in [0.05, 0.1) is 20.8 Å². The fourth-order valence-corrected chi connectivity index (χ4v) is 4.36. The lowest BCUT2D eigenvalue weighted by atomic mass is 10.1. The van der Waals surface area contributed by atoms with Crippen molar-refractivity contribution in [3.63, 3.8) is 0 Å². The Labute approximate surface area is 157 Å². The molecule has 0 amide bonds. The van der Waals surface area contributed by atoms with Gasteiger partial charge < -0.3 is 9.47 Å². The number of ether oxygens (including phenoxy) is 2. The predicted molar refractivity (Wildman–Crippen MR) is 102 cm³/mol. The molecule has 0 fully saturated rings. The highest BCUT2D eigenvalue weighted by Crippen LogP contribution is 2.31. The van der Waals surface area contributed by atoms with E-state index in [0.29, 0.717) is 22.6 Å². The van der Waals surface area contributed by atoms with Crippen LogP contribution in [0.25, 0.3) is 4.91 Å². The fraction of sp³-hybridized carbons (Fsp3) is 0.211. The van der Waals surface area contributed by atoms with Crippen molar-refractivity contribution in [3.8, 4) is 11.5 Å². The van der Waals surface area contributed by atoms with E-state index in [1.165, 1.54) is 24.3 Å². The highest BCUT2D eigenvalue weighted by Gasteiger charge is 2.32. The Morgan fingerprint density at radius 3 is 2.33 bits per heavy atom. The maximum Gasteiger partial charge on any atom is 0.264 e. The first kappa shape index (κ1) is 18.9. The van der Waals surface area contributed by atoms with E-state index in [2.05, 4.69) is 9.71 Å². The number of hydrogen-bond donors (Lipinski definition) is 1. The van der Waals surface area contributed by atoms with Crippen molar-refractivity contribution in [3.05, 3.63) is 65.0 Å². The van der Waals surface area contributed by atoms with Crippen LogP contribution in [0, 0.1) is 5.82 Å². The van der Waals surface area contributed by atoms with Crippen LogP contribution in [0.4, 0.5) is 4.39 Å². The molecule has 0 radical (unpaired) electrons. The van der Waals surface area contributed by atoms with E-state index in [-0.39, 0.29) is 17.3 Å². The number of amidine groups is 1. The van der Waals surface area contributed by atoms with Crippen molar-refractivity contribution in [2.24, 2.45) is 4.99 Å². The number of halogens is 1. The molecule has 6 nitrogen and oxygen atoms in total. The zero-order chi connectivity index (χ0) is 19.6. The summed E-state index contributed by atoms with van der Waals surface area (Å²) in [7, 11) is -0.654. The average molecular weight is 390 g/mol. The van der Waals surface area contributed by atoms with Gasteiger partial charge >= 0.3 is 0 Å². The second-order valence-electron chi connectivity index (χ2n) is 5.92. The van der Waals surface area contributed by atoms with Gasteiger partial charge in [-0.3, -0.25) is 9.71 Å². The molecule has 0 aliphatic carbocycles. The molecule has 1 heterocycles. The maximum absolute atomic E-state index is 13.1. The second kappa shape index (κ2) is 7.40. The van der Waals surface area contributed by atoms with Crippen molar-refractivity contribution in [2.75, 3.05) is 14.2 Å². The highest BCUT2D eigenvalue weighted by atomic mass is 32.2. The van der Waals surface area contributed by atoms with E-state index in [4.69, 9.17) is 9.47 Å². The molecule has 1 aliphatic rings. The molecule has 2 aromatic rings. The van der Waals surface area contributed by atoms with Gasteiger partial charge in [-0.15, -0.1) is 0 Å². The zero-order valence-electron chi connectivity index (χ0n) is 15.1. The largest absolute Gasteiger partial charge is 0.493 e. The molecular formula is C19H19FN2O4S. The number of sulfonamides is 1. The smallest absolute Gasteiger partial charge is 0.264 e. The summed E-state index contributed by atoms with van der Waals surface area (Å²) in [5, 5.41) is 0. The first-order chi connectivity index (χ1) is 12.9. The van der Waals surface area contributed by atoms with E-state index in [0.717, 1.165) is 5.56 Å². The van der Waals surface area contributed by atoms with E-state index in [9.17, 15) is 12.8 Å². The Morgan fingerprint density at radius 1 is 1.04 bits per heavy atom. The standard InChI is InChI=1S/C19H19FN2O4S/c1-12-18(14-5-7-15(20)8-6-14)27(23,24)22-19(12)21-11-13-4-9-16(25-2)17(10-13)26-3/h4-10H,11H2,1-3H3,(H,21,22). The summed E-state index contributed by atoms with van der Waals surface area (Å²) in [6.45, 7) is 1.93. The van der Waals surface area contributed by atoms with E-state index >= 15 is 0 Å². The van der Waals surface area contributed by atoms with Crippen molar-refractivity contribution in [1.29, 1.82) is 0 Å². The number of rotatable bonds is 5. The Hall–Kier alpha value is -2.87. The number of methoxy groups -OCH3 is 2. The van der Waals surface area contributed by atoms with Gasteiger partial charge in [0.25, 0.3) is 10.0 Å². The minimum Gasteiger partial charge on any atom is -0.493 e. The molecule has 0 atom stereocenters. The van der Waals surface area contributed by atoms with Gasteiger partial charge in [-0.2, -0.15) is 0 Å². The minimum absolute atomic E-state index is 0.105. The summed E-state index contributed by atoms with van der Waals surface area (Å²) >= 11 is 0. The lowest BCUT2D eigenvalue weighted by Gasteiger charge is -2.08. The Kier molecular flexibility index (Phi) is 5.18. The molecule has 0 spiro atoms. The molecular weight excluding hydrogens is 371 g/mol. The van der Waals surface area contributed by atoms with Gasteiger partial charge in [0.2, 0.25) is 0 Å². The predicted octanol–water partition coefficient (Wildman–Crippen LogP) is 3.11. The van der Waals surface area contributed by atoms with E-state index in [1.54, 1.807) is 33.3 Å². The summed E-state index contributed by atoms with van der Waals surface area (Å²) in [5.74, 6) is 1.01. The number of nitrogens with zero attached hydrogens (tertiary/aromatic N) is 1. The first-order valence-electron chi connectivity index (χ1n) is 8.11. The average Bonchev–Trinajstić information content (AvgIpc) is 2.89. The third-order valence-electron chi connectivity index (χ3n) is 4.17. The monoisotopic (exact) mass is 390 g/mol. The number of benzene rings is 2. The first-order valence-corrected chi connectivity index (χ1v) is 9.59. The summed E-state index contributed by atoms with van der Waals surface area (Å²) in [6.07, 6.45) is 0. The van der Waals surface area contributed by atoms with Crippen LogP contribution in [-0.2, 0) is 16.6 Å². The molecule has 0 unspecified atom stereocenters.